The van der Waals surface area contributed by atoms with E-state index >= 15 is 0 Å². The Morgan fingerprint density at radius 2 is 2.00 bits per heavy atom. The summed E-state index contributed by atoms with van der Waals surface area (Å²) in [6.45, 7) is 0.510. The smallest absolute Gasteiger partial charge is 0.232 e. The lowest BCUT2D eigenvalue weighted by molar-refractivity contribution is -0.134. The van der Waals surface area contributed by atoms with Crippen LogP contribution in [0.25, 0.3) is 0 Å². The van der Waals surface area contributed by atoms with Gasteiger partial charge in [0.05, 0.1) is 11.6 Å². The predicted octanol–water partition coefficient (Wildman–Crippen LogP) is 2.84. The van der Waals surface area contributed by atoms with E-state index in [0.29, 0.717) is 12.1 Å². The van der Waals surface area contributed by atoms with Crippen molar-refractivity contribution in [2.24, 2.45) is 0 Å². The number of hydrogen-bond acceptors (Lipinski definition) is 3. The molecule has 5 nitrogen and oxygen atoms in total. The van der Waals surface area contributed by atoms with Gasteiger partial charge in [-0.2, -0.15) is 0 Å². The molecule has 2 heterocycles. The average Bonchev–Trinajstić information content (AvgIpc) is 3.40. The van der Waals surface area contributed by atoms with Crippen molar-refractivity contribution in [1.82, 2.24) is 9.88 Å². The third kappa shape index (κ3) is 3.12. The summed E-state index contributed by atoms with van der Waals surface area (Å²) in [7, 11) is 0. The highest BCUT2D eigenvalue weighted by molar-refractivity contribution is 6.05. The Morgan fingerprint density at radius 1 is 1.24 bits per heavy atom. The summed E-state index contributed by atoms with van der Waals surface area (Å²) in [4.78, 5) is 30.9. The highest BCUT2D eigenvalue weighted by atomic mass is 19.1. The second-order valence-electron chi connectivity index (χ2n) is 6.56. The number of rotatable bonds is 5. The van der Waals surface area contributed by atoms with Gasteiger partial charge in [-0.25, -0.2) is 4.39 Å². The zero-order valence-corrected chi connectivity index (χ0v) is 13.6. The Bertz CT molecular complexity index is 821. The first kappa shape index (κ1) is 15.7. The number of aromatic nitrogens is 1. The topological polar surface area (TPSA) is 62.3 Å². The number of pyridine rings is 1. The van der Waals surface area contributed by atoms with Crippen LogP contribution in [0.3, 0.4) is 0 Å². The van der Waals surface area contributed by atoms with Gasteiger partial charge in [0, 0.05) is 31.4 Å². The van der Waals surface area contributed by atoms with Crippen molar-refractivity contribution in [2.75, 3.05) is 5.32 Å². The van der Waals surface area contributed by atoms with E-state index in [2.05, 4.69) is 10.3 Å². The second kappa shape index (κ2) is 6.27. The van der Waals surface area contributed by atoms with Crippen molar-refractivity contribution in [1.29, 1.82) is 0 Å². The SMILES string of the molecule is O=C1Nc2c(F)cccc2C1CC(=O)N(Cc1ccncc1)C1CC1. The van der Waals surface area contributed by atoms with Crippen molar-refractivity contribution in [2.45, 2.75) is 37.8 Å². The molecule has 1 N–H and O–H groups in total. The van der Waals surface area contributed by atoms with E-state index in [-0.39, 0.29) is 30.0 Å². The third-order valence-electron chi connectivity index (χ3n) is 4.77. The first-order chi connectivity index (χ1) is 12.1. The average molecular weight is 339 g/mol. The molecule has 2 aliphatic rings. The Morgan fingerprint density at radius 3 is 2.72 bits per heavy atom. The number of hydrogen-bond donors (Lipinski definition) is 1. The van der Waals surface area contributed by atoms with Gasteiger partial charge in [0.2, 0.25) is 11.8 Å². The second-order valence-corrected chi connectivity index (χ2v) is 6.56. The predicted molar refractivity (Wildman–Crippen MR) is 90.2 cm³/mol. The molecule has 0 spiro atoms. The van der Waals surface area contributed by atoms with E-state index in [1.54, 1.807) is 24.5 Å². The van der Waals surface area contributed by atoms with E-state index in [1.807, 2.05) is 17.0 Å². The van der Waals surface area contributed by atoms with Gasteiger partial charge in [-0.1, -0.05) is 12.1 Å². The van der Waals surface area contributed by atoms with Gasteiger partial charge in [-0.15, -0.1) is 0 Å². The molecule has 1 atom stereocenters. The number of halogens is 1. The molecule has 6 heteroatoms. The first-order valence-electron chi connectivity index (χ1n) is 8.41. The van der Waals surface area contributed by atoms with Crippen LogP contribution >= 0.6 is 0 Å². The van der Waals surface area contributed by atoms with Crippen LogP contribution in [0.5, 0.6) is 0 Å². The molecule has 2 aromatic rings. The Balaban J connectivity index is 1.53. The van der Waals surface area contributed by atoms with Gasteiger partial charge in [0.25, 0.3) is 0 Å². The summed E-state index contributed by atoms with van der Waals surface area (Å²) in [5.41, 5.74) is 1.79. The molecule has 1 unspecified atom stereocenters. The van der Waals surface area contributed by atoms with Crippen LogP contribution in [0, 0.1) is 5.82 Å². The van der Waals surface area contributed by atoms with Crippen LogP contribution in [0.1, 0.15) is 36.3 Å². The Labute approximate surface area is 144 Å². The van der Waals surface area contributed by atoms with Gasteiger partial charge in [-0.05, 0) is 42.2 Å². The summed E-state index contributed by atoms with van der Waals surface area (Å²) in [6, 6.07) is 8.59. The first-order valence-corrected chi connectivity index (χ1v) is 8.41. The van der Waals surface area contributed by atoms with Crippen LogP contribution < -0.4 is 5.32 Å². The molecule has 128 valence electrons. The maximum atomic E-state index is 13.8. The number of carbonyl (C=O) groups excluding carboxylic acids is 2. The van der Waals surface area contributed by atoms with Crippen molar-refractivity contribution in [3.05, 3.63) is 59.7 Å². The minimum Gasteiger partial charge on any atom is -0.335 e. The summed E-state index contributed by atoms with van der Waals surface area (Å²) in [5.74, 6) is -1.47. The zero-order valence-electron chi connectivity index (χ0n) is 13.6. The maximum Gasteiger partial charge on any atom is 0.232 e. The van der Waals surface area contributed by atoms with Crippen molar-refractivity contribution < 1.29 is 14.0 Å². The molecule has 0 radical (unpaired) electrons. The summed E-state index contributed by atoms with van der Waals surface area (Å²) >= 11 is 0. The maximum absolute atomic E-state index is 13.8. The van der Waals surface area contributed by atoms with E-state index in [0.717, 1.165) is 18.4 Å². The molecule has 0 saturated heterocycles. The number of carbonyl (C=O) groups is 2. The molecular formula is C19H18FN3O2. The standard InChI is InChI=1S/C19H18FN3O2/c20-16-3-1-2-14-15(19(25)22-18(14)16)10-17(24)23(13-4-5-13)11-12-6-8-21-9-7-12/h1-3,6-9,13,15H,4-5,10-11H2,(H,22,25). The molecule has 1 saturated carbocycles. The number of para-hydroxylation sites is 1. The quantitative estimate of drug-likeness (QED) is 0.911. The minimum atomic E-state index is -0.628. The highest BCUT2D eigenvalue weighted by Crippen LogP contribution is 2.38. The van der Waals surface area contributed by atoms with Gasteiger partial charge < -0.3 is 10.2 Å². The molecule has 1 aliphatic carbocycles. The van der Waals surface area contributed by atoms with Gasteiger partial charge in [-0.3, -0.25) is 14.6 Å². The van der Waals surface area contributed by atoms with E-state index in [4.69, 9.17) is 0 Å². The van der Waals surface area contributed by atoms with Crippen molar-refractivity contribution in [3.63, 3.8) is 0 Å². The van der Waals surface area contributed by atoms with Crippen LogP contribution in [0.4, 0.5) is 10.1 Å². The minimum absolute atomic E-state index is 0.0594. The van der Waals surface area contributed by atoms with Gasteiger partial charge >= 0.3 is 0 Å². The summed E-state index contributed by atoms with van der Waals surface area (Å²) in [6.07, 6.45) is 5.43. The fraction of sp³-hybridized carbons (Fsp3) is 0.316. The number of fused-ring (bicyclic) bond motifs is 1. The number of nitrogens with zero attached hydrogens (tertiary/aromatic N) is 2. The fourth-order valence-corrected chi connectivity index (χ4v) is 3.30. The normalized spacial score (nSPS) is 18.6. The third-order valence-corrected chi connectivity index (χ3v) is 4.77. The lowest BCUT2D eigenvalue weighted by Gasteiger charge is -2.24. The van der Waals surface area contributed by atoms with E-state index < -0.39 is 11.7 Å². The van der Waals surface area contributed by atoms with Crippen LogP contribution in [0.15, 0.2) is 42.7 Å². The fourth-order valence-electron chi connectivity index (χ4n) is 3.30. The largest absolute Gasteiger partial charge is 0.335 e. The molecular weight excluding hydrogens is 321 g/mol. The molecule has 25 heavy (non-hydrogen) atoms. The van der Waals surface area contributed by atoms with Crippen molar-refractivity contribution >= 4 is 17.5 Å². The van der Waals surface area contributed by atoms with Crippen molar-refractivity contribution in [3.8, 4) is 0 Å². The molecule has 1 aromatic heterocycles. The van der Waals surface area contributed by atoms with Crippen LogP contribution in [0.2, 0.25) is 0 Å². The molecule has 0 bridgehead atoms. The number of anilines is 1. The number of benzene rings is 1. The Hall–Kier alpha value is -2.76. The van der Waals surface area contributed by atoms with Crippen LogP contribution in [-0.4, -0.2) is 27.7 Å². The zero-order chi connectivity index (χ0) is 17.4. The molecule has 2 amide bonds. The van der Waals surface area contributed by atoms with Crippen LogP contribution in [-0.2, 0) is 16.1 Å². The summed E-state index contributed by atoms with van der Waals surface area (Å²) < 4.78 is 13.8. The number of amides is 2. The molecule has 4 rings (SSSR count). The lowest BCUT2D eigenvalue weighted by Crippen LogP contribution is -2.34. The molecule has 1 fully saturated rings. The molecule has 1 aromatic carbocycles. The van der Waals surface area contributed by atoms with Gasteiger partial charge in [0.15, 0.2) is 0 Å². The Kier molecular flexibility index (Phi) is 3.95. The van der Waals surface area contributed by atoms with E-state index in [9.17, 15) is 14.0 Å². The highest BCUT2D eigenvalue weighted by Gasteiger charge is 2.38. The summed E-state index contributed by atoms with van der Waals surface area (Å²) in [5, 5.41) is 2.56. The monoisotopic (exact) mass is 339 g/mol. The number of nitrogens with one attached hydrogen (secondary N) is 1. The lowest BCUT2D eigenvalue weighted by atomic mass is 9.96. The van der Waals surface area contributed by atoms with E-state index in [1.165, 1.54) is 6.07 Å². The molecule has 1 aliphatic heterocycles. The van der Waals surface area contributed by atoms with Gasteiger partial charge in [0.1, 0.15) is 5.82 Å².